The van der Waals surface area contributed by atoms with Gasteiger partial charge in [-0.3, -0.25) is 4.84 Å². The van der Waals surface area contributed by atoms with Gasteiger partial charge in [0.2, 0.25) is 3.79 Å². The van der Waals surface area contributed by atoms with Crippen LogP contribution in [-0.2, 0) is 9.57 Å². The van der Waals surface area contributed by atoms with Gasteiger partial charge in [-0.15, -0.1) is 0 Å². The first-order valence-electron chi connectivity index (χ1n) is 4.44. The summed E-state index contributed by atoms with van der Waals surface area (Å²) < 4.78 is 3.07. The van der Waals surface area contributed by atoms with Crippen molar-refractivity contribution in [1.29, 1.82) is 0 Å². The lowest BCUT2D eigenvalue weighted by atomic mass is 10.2. The van der Waals surface area contributed by atoms with Crippen LogP contribution in [0.15, 0.2) is 12.2 Å². The Morgan fingerprint density at radius 3 is 2.81 bits per heavy atom. The molecule has 1 rings (SSSR count). The minimum absolute atomic E-state index is 0.291. The highest BCUT2D eigenvalue weighted by molar-refractivity contribution is 6.67. The predicted octanol–water partition coefficient (Wildman–Crippen LogP) is 1.67. The van der Waals surface area contributed by atoms with Crippen LogP contribution in [0.5, 0.6) is 0 Å². The van der Waals surface area contributed by atoms with E-state index in [0.29, 0.717) is 6.42 Å². The van der Waals surface area contributed by atoms with Crippen LogP contribution < -0.4 is 11.2 Å². The standard InChI is InChI=1S/C8H11Cl3N2O3/c9-8(10,11)4-15-7(14)13-5-2-1-3-6(5)16-12/h1-2,5-6H,3-4,12H2,(H,13,14)/t5-,6+/m0/s1. The van der Waals surface area contributed by atoms with Gasteiger partial charge in [0.25, 0.3) is 0 Å². The number of nitrogens with two attached hydrogens (primary N) is 1. The average Bonchev–Trinajstić information content (AvgIpc) is 2.61. The molecule has 5 nitrogen and oxygen atoms in total. The molecule has 0 saturated heterocycles. The number of alkyl carbamates (subject to hydrolysis) is 1. The van der Waals surface area contributed by atoms with Crippen molar-refractivity contribution in [3.8, 4) is 0 Å². The summed E-state index contributed by atoms with van der Waals surface area (Å²) in [7, 11) is 0. The van der Waals surface area contributed by atoms with Crippen molar-refractivity contribution in [1.82, 2.24) is 5.32 Å². The molecule has 0 saturated carbocycles. The second-order valence-corrected chi connectivity index (χ2v) is 5.72. The highest BCUT2D eigenvalue weighted by atomic mass is 35.6. The van der Waals surface area contributed by atoms with Crippen LogP contribution in [0.25, 0.3) is 0 Å². The molecule has 0 aliphatic heterocycles. The Balaban J connectivity index is 2.31. The fourth-order valence-corrected chi connectivity index (χ4v) is 1.40. The van der Waals surface area contributed by atoms with Crippen molar-refractivity contribution >= 4 is 40.9 Å². The summed E-state index contributed by atoms with van der Waals surface area (Å²) in [6.07, 6.45) is 3.25. The number of carbonyl (C=O) groups is 1. The number of alkyl halides is 3. The highest BCUT2D eigenvalue weighted by Gasteiger charge is 2.27. The zero-order valence-corrected chi connectivity index (χ0v) is 10.4. The quantitative estimate of drug-likeness (QED) is 0.471. The van der Waals surface area contributed by atoms with Crippen molar-refractivity contribution in [2.75, 3.05) is 6.61 Å². The maximum Gasteiger partial charge on any atom is 0.407 e. The van der Waals surface area contributed by atoms with E-state index in [4.69, 9.17) is 40.7 Å². The number of ether oxygens (including phenoxy) is 1. The predicted molar refractivity (Wildman–Crippen MR) is 61.4 cm³/mol. The van der Waals surface area contributed by atoms with Gasteiger partial charge in [0.1, 0.15) is 12.7 Å². The molecule has 16 heavy (non-hydrogen) atoms. The van der Waals surface area contributed by atoms with Crippen LogP contribution in [0.3, 0.4) is 0 Å². The molecule has 3 N–H and O–H groups in total. The van der Waals surface area contributed by atoms with E-state index in [1.807, 2.05) is 6.08 Å². The number of halogens is 3. The maximum atomic E-state index is 11.3. The van der Waals surface area contributed by atoms with Crippen molar-refractivity contribution in [2.24, 2.45) is 5.90 Å². The molecule has 1 aliphatic rings. The summed E-state index contributed by atoms with van der Waals surface area (Å²) in [5.41, 5.74) is 0. The third-order valence-electron chi connectivity index (χ3n) is 1.94. The smallest absolute Gasteiger partial charge is 0.407 e. The third kappa shape index (κ3) is 4.76. The van der Waals surface area contributed by atoms with Crippen LogP contribution in [-0.4, -0.2) is 28.6 Å². The van der Waals surface area contributed by atoms with Gasteiger partial charge in [-0.25, -0.2) is 10.7 Å². The molecular weight excluding hydrogens is 278 g/mol. The third-order valence-corrected chi connectivity index (χ3v) is 2.27. The average molecular weight is 290 g/mol. The van der Waals surface area contributed by atoms with E-state index in [-0.39, 0.29) is 18.8 Å². The fraction of sp³-hybridized carbons (Fsp3) is 0.625. The molecular formula is C8H11Cl3N2O3. The van der Waals surface area contributed by atoms with Crippen LogP contribution in [0, 0.1) is 0 Å². The van der Waals surface area contributed by atoms with Gasteiger partial charge in [0.05, 0.1) is 6.04 Å². The minimum Gasteiger partial charge on any atom is -0.445 e. The molecule has 8 heteroatoms. The van der Waals surface area contributed by atoms with Gasteiger partial charge < -0.3 is 10.1 Å². The van der Waals surface area contributed by atoms with Gasteiger partial charge in [0, 0.05) is 0 Å². The van der Waals surface area contributed by atoms with Crippen LogP contribution >= 0.6 is 34.8 Å². The highest BCUT2D eigenvalue weighted by Crippen LogP contribution is 2.25. The molecule has 0 heterocycles. The summed E-state index contributed by atoms with van der Waals surface area (Å²) in [5.74, 6) is 5.05. The maximum absolute atomic E-state index is 11.3. The number of hydrogen-bond donors (Lipinski definition) is 2. The second kappa shape index (κ2) is 5.93. The summed E-state index contributed by atoms with van der Waals surface area (Å²) in [5, 5.41) is 2.52. The number of amides is 1. The largest absolute Gasteiger partial charge is 0.445 e. The van der Waals surface area contributed by atoms with Gasteiger partial charge in [-0.2, -0.15) is 0 Å². The van der Waals surface area contributed by atoms with Crippen molar-refractivity contribution < 1.29 is 14.4 Å². The summed E-state index contributed by atoms with van der Waals surface area (Å²) >= 11 is 16.3. The van der Waals surface area contributed by atoms with E-state index in [1.165, 1.54) is 0 Å². The molecule has 0 bridgehead atoms. The van der Waals surface area contributed by atoms with Crippen molar-refractivity contribution in [3.63, 3.8) is 0 Å². The molecule has 2 atom stereocenters. The van der Waals surface area contributed by atoms with Crippen LogP contribution in [0.4, 0.5) is 4.79 Å². The molecule has 1 amide bonds. The first-order valence-corrected chi connectivity index (χ1v) is 5.58. The molecule has 0 unspecified atom stereocenters. The SMILES string of the molecule is NO[C@@H]1CC=C[C@@H]1NC(=O)OCC(Cl)(Cl)Cl. The zero-order valence-electron chi connectivity index (χ0n) is 8.16. The minimum atomic E-state index is -1.62. The number of rotatable bonds is 3. The molecule has 0 spiro atoms. The lowest BCUT2D eigenvalue weighted by molar-refractivity contribution is 0.0430. The first kappa shape index (κ1) is 13.9. The van der Waals surface area contributed by atoms with E-state index in [0.717, 1.165) is 0 Å². The molecule has 0 fully saturated rings. The number of carbonyl (C=O) groups excluding carboxylic acids is 1. The van der Waals surface area contributed by atoms with Gasteiger partial charge in [-0.1, -0.05) is 47.0 Å². The van der Waals surface area contributed by atoms with Crippen molar-refractivity contribution in [3.05, 3.63) is 12.2 Å². The van der Waals surface area contributed by atoms with E-state index in [1.54, 1.807) is 6.08 Å². The van der Waals surface area contributed by atoms with E-state index < -0.39 is 9.89 Å². The van der Waals surface area contributed by atoms with Gasteiger partial charge >= 0.3 is 6.09 Å². The monoisotopic (exact) mass is 288 g/mol. The number of nitrogens with one attached hydrogen (secondary N) is 1. The van der Waals surface area contributed by atoms with E-state index in [9.17, 15) is 4.79 Å². The van der Waals surface area contributed by atoms with Gasteiger partial charge in [-0.05, 0) is 6.42 Å². The van der Waals surface area contributed by atoms with Crippen molar-refractivity contribution in [2.45, 2.75) is 22.4 Å². The zero-order chi connectivity index (χ0) is 12.2. The summed E-state index contributed by atoms with van der Waals surface area (Å²) in [4.78, 5) is 15.9. The van der Waals surface area contributed by atoms with E-state index in [2.05, 4.69) is 14.9 Å². The Morgan fingerprint density at radius 1 is 1.56 bits per heavy atom. The normalized spacial score (nSPS) is 24.5. The van der Waals surface area contributed by atoms with E-state index >= 15 is 0 Å². The molecule has 0 radical (unpaired) electrons. The second-order valence-electron chi connectivity index (χ2n) is 3.20. The lowest BCUT2D eigenvalue weighted by Gasteiger charge is -2.19. The summed E-state index contributed by atoms with van der Waals surface area (Å²) in [6.45, 7) is -0.325. The molecule has 0 aromatic carbocycles. The van der Waals surface area contributed by atoms with Gasteiger partial charge in [0.15, 0.2) is 0 Å². The Kier molecular flexibility index (Phi) is 5.14. The molecule has 0 aromatic heterocycles. The summed E-state index contributed by atoms with van der Waals surface area (Å²) in [6, 6.07) is -0.326. The number of hydrogen-bond acceptors (Lipinski definition) is 4. The molecule has 1 aliphatic carbocycles. The Bertz CT molecular complexity index is 280. The Morgan fingerprint density at radius 2 is 2.25 bits per heavy atom. The molecule has 0 aromatic rings. The van der Waals surface area contributed by atoms with Crippen LogP contribution in [0.1, 0.15) is 6.42 Å². The fourth-order valence-electron chi connectivity index (χ4n) is 1.24. The van der Waals surface area contributed by atoms with Crippen LogP contribution in [0.2, 0.25) is 0 Å². The Hall–Kier alpha value is -0.200. The molecule has 92 valence electrons. The topological polar surface area (TPSA) is 73.6 Å². The Labute approximate surface area is 108 Å². The first-order chi connectivity index (χ1) is 7.42. The lowest BCUT2D eigenvalue weighted by Crippen LogP contribution is -2.42.